The lowest BCUT2D eigenvalue weighted by atomic mass is 10.1. The molecule has 0 aliphatic rings. The average Bonchev–Trinajstić information content (AvgIpc) is 2.53. The van der Waals surface area contributed by atoms with Crippen molar-refractivity contribution >= 4 is 16.5 Å². The second kappa shape index (κ2) is 5.75. The van der Waals surface area contributed by atoms with E-state index in [1.165, 1.54) is 5.39 Å². The minimum Gasteiger partial charge on any atom is -0.495 e. The highest BCUT2D eigenvalue weighted by atomic mass is 16.5. The summed E-state index contributed by atoms with van der Waals surface area (Å²) in [6.45, 7) is 0.474. The van der Waals surface area contributed by atoms with Crippen LogP contribution >= 0.6 is 0 Å². The van der Waals surface area contributed by atoms with Gasteiger partial charge in [-0.3, -0.25) is 0 Å². The maximum absolute atomic E-state index is 5.94. The molecule has 0 radical (unpaired) electrons. The summed E-state index contributed by atoms with van der Waals surface area (Å²) in [6, 6.07) is 19.9. The first-order valence-electron chi connectivity index (χ1n) is 6.81. The molecule has 0 atom stereocenters. The Morgan fingerprint density at radius 1 is 0.905 bits per heavy atom. The minimum atomic E-state index is 0.474. The number of methoxy groups -OCH3 is 1. The zero-order valence-electron chi connectivity index (χ0n) is 11.9. The van der Waals surface area contributed by atoms with Crippen LogP contribution in [0.3, 0.4) is 0 Å². The van der Waals surface area contributed by atoms with Crippen LogP contribution in [0.15, 0.2) is 60.7 Å². The number of hydrogen-bond donors (Lipinski definition) is 1. The topological polar surface area (TPSA) is 44.5 Å². The van der Waals surface area contributed by atoms with Crippen LogP contribution in [0.25, 0.3) is 10.8 Å². The van der Waals surface area contributed by atoms with Gasteiger partial charge in [0.1, 0.15) is 18.1 Å². The molecule has 3 rings (SSSR count). The molecule has 0 unspecified atom stereocenters. The zero-order chi connectivity index (χ0) is 14.7. The van der Waals surface area contributed by atoms with Gasteiger partial charge >= 0.3 is 0 Å². The van der Waals surface area contributed by atoms with Crippen molar-refractivity contribution in [3.8, 4) is 11.5 Å². The first-order chi connectivity index (χ1) is 10.3. The van der Waals surface area contributed by atoms with E-state index in [0.717, 1.165) is 16.7 Å². The Morgan fingerprint density at radius 2 is 1.71 bits per heavy atom. The normalized spacial score (nSPS) is 10.5. The van der Waals surface area contributed by atoms with Gasteiger partial charge in [0.25, 0.3) is 0 Å². The highest BCUT2D eigenvalue weighted by Crippen LogP contribution is 2.27. The molecule has 3 nitrogen and oxygen atoms in total. The summed E-state index contributed by atoms with van der Waals surface area (Å²) in [7, 11) is 1.61. The summed E-state index contributed by atoms with van der Waals surface area (Å²) in [5.41, 5.74) is 7.55. The lowest BCUT2D eigenvalue weighted by Crippen LogP contribution is -1.99. The van der Waals surface area contributed by atoms with Gasteiger partial charge in [0.2, 0.25) is 0 Å². The second-order valence-corrected chi connectivity index (χ2v) is 4.84. The van der Waals surface area contributed by atoms with E-state index < -0.39 is 0 Å². The Kier molecular flexibility index (Phi) is 3.65. The summed E-state index contributed by atoms with van der Waals surface area (Å²) >= 11 is 0. The van der Waals surface area contributed by atoms with Crippen molar-refractivity contribution in [3.63, 3.8) is 0 Å². The lowest BCUT2D eigenvalue weighted by molar-refractivity contribution is 0.310. The number of nitrogen functional groups attached to an aromatic ring is 1. The number of benzene rings is 3. The first-order valence-corrected chi connectivity index (χ1v) is 6.81. The SMILES string of the molecule is COc1ccc(COc2cccc3ccccc23)cc1N. The van der Waals surface area contributed by atoms with Crippen molar-refractivity contribution in [2.75, 3.05) is 12.8 Å². The molecule has 0 saturated carbocycles. The van der Waals surface area contributed by atoms with Gasteiger partial charge in [-0.1, -0.05) is 42.5 Å². The smallest absolute Gasteiger partial charge is 0.141 e. The van der Waals surface area contributed by atoms with Crippen molar-refractivity contribution in [1.29, 1.82) is 0 Å². The molecule has 0 amide bonds. The minimum absolute atomic E-state index is 0.474. The molecular formula is C18H17NO2. The van der Waals surface area contributed by atoms with Crippen molar-refractivity contribution in [2.45, 2.75) is 6.61 Å². The van der Waals surface area contributed by atoms with E-state index in [4.69, 9.17) is 15.2 Å². The van der Waals surface area contributed by atoms with E-state index in [2.05, 4.69) is 18.2 Å². The monoisotopic (exact) mass is 279 g/mol. The highest BCUT2D eigenvalue weighted by molar-refractivity contribution is 5.88. The maximum Gasteiger partial charge on any atom is 0.141 e. The number of anilines is 1. The molecule has 0 fully saturated rings. The van der Waals surface area contributed by atoms with Gasteiger partial charge in [-0.15, -0.1) is 0 Å². The molecule has 0 saturated heterocycles. The molecule has 21 heavy (non-hydrogen) atoms. The Morgan fingerprint density at radius 3 is 2.52 bits per heavy atom. The predicted molar refractivity (Wildman–Crippen MR) is 85.7 cm³/mol. The number of fused-ring (bicyclic) bond motifs is 1. The van der Waals surface area contributed by atoms with Crippen LogP contribution in [-0.4, -0.2) is 7.11 Å². The van der Waals surface area contributed by atoms with Crippen LogP contribution < -0.4 is 15.2 Å². The van der Waals surface area contributed by atoms with Gasteiger partial charge in [0.15, 0.2) is 0 Å². The molecule has 0 bridgehead atoms. The fourth-order valence-corrected chi connectivity index (χ4v) is 2.36. The quantitative estimate of drug-likeness (QED) is 0.734. The van der Waals surface area contributed by atoms with Crippen molar-refractivity contribution in [3.05, 3.63) is 66.2 Å². The van der Waals surface area contributed by atoms with Gasteiger partial charge < -0.3 is 15.2 Å². The zero-order valence-corrected chi connectivity index (χ0v) is 11.9. The standard InChI is InChI=1S/C18H17NO2/c1-20-18-10-9-13(11-16(18)19)12-21-17-8-4-6-14-5-2-3-7-15(14)17/h2-11H,12,19H2,1H3. The Balaban J connectivity index is 1.82. The third kappa shape index (κ3) is 2.77. The third-order valence-corrected chi connectivity index (χ3v) is 3.44. The summed E-state index contributed by atoms with van der Waals surface area (Å²) in [6.07, 6.45) is 0. The molecule has 0 heterocycles. The van der Waals surface area contributed by atoms with Gasteiger partial charge in [0.05, 0.1) is 12.8 Å². The largest absolute Gasteiger partial charge is 0.495 e. The number of hydrogen-bond acceptors (Lipinski definition) is 3. The van der Waals surface area contributed by atoms with E-state index >= 15 is 0 Å². The molecule has 0 spiro atoms. The average molecular weight is 279 g/mol. The van der Waals surface area contributed by atoms with Gasteiger partial charge in [-0.25, -0.2) is 0 Å². The van der Waals surface area contributed by atoms with Crippen molar-refractivity contribution in [2.24, 2.45) is 0 Å². The molecule has 106 valence electrons. The summed E-state index contributed by atoms with van der Waals surface area (Å²) in [5.74, 6) is 1.56. The molecule has 0 aliphatic heterocycles. The van der Waals surface area contributed by atoms with E-state index in [1.54, 1.807) is 7.11 Å². The third-order valence-electron chi connectivity index (χ3n) is 3.44. The van der Waals surface area contributed by atoms with Crippen LogP contribution in [-0.2, 0) is 6.61 Å². The van der Waals surface area contributed by atoms with Crippen molar-refractivity contribution < 1.29 is 9.47 Å². The van der Waals surface area contributed by atoms with Gasteiger partial charge in [-0.05, 0) is 29.1 Å². The fraction of sp³-hybridized carbons (Fsp3) is 0.111. The maximum atomic E-state index is 5.94. The first kappa shape index (κ1) is 13.3. The number of ether oxygens (including phenoxy) is 2. The Labute approximate surface area is 123 Å². The van der Waals surface area contributed by atoms with Gasteiger partial charge in [-0.2, -0.15) is 0 Å². The molecule has 3 aromatic carbocycles. The summed E-state index contributed by atoms with van der Waals surface area (Å²) < 4.78 is 11.1. The van der Waals surface area contributed by atoms with E-state index in [1.807, 2.05) is 42.5 Å². The van der Waals surface area contributed by atoms with E-state index in [0.29, 0.717) is 18.0 Å². The van der Waals surface area contributed by atoms with Crippen LogP contribution in [0.1, 0.15) is 5.56 Å². The lowest BCUT2D eigenvalue weighted by Gasteiger charge is -2.11. The van der Waals surface area contributed by atoms with Crippen LogP contribution in [0.2, 0.25) is 0 Å². The predicted octanol–water partition coefficient (Wildman–Crippen LogP) is 4.01. The highest BCUT2D eigenvalue weighted by Gasteiger charge is 2.04. The number of rotatable bonds is 4. The molecule has 3 aromatic rings. The van der Waals surface area contributed by atoms with E-state index in [-0.39, 0.29) is 0 Å². The van der Waals surface area contributed by atoms with Crippen molar-refractivity contribution in [1.82, 2.24) is 0 Å². The Bertz CT molecular complexity index is 763. The van der Waals surface area contributed by atoms with Crippen LogP contribution in [0.4, 0.5) is 5.69 Å². The molecule has 0 aliphatic carbocycles. The number of nitrogens with two attached hydrogens (primary N) is 1. The summed E-state index contributed by atoms with van der Waals surface area (Å²) in [5, 5.41) is 2.28. The fourth-order valence-electron chi connectivity index (χ4n) is 2.36. The second-order valence-electron chi connectivity index (χ2n) is 4.84. The molecule has 0 aromatic heterocycles. The van der Waals surface area contributed by atoms with Crippen LogP contribution in [0.5, 0.6) is 11.5 Å². The van der Waals surface area contributed by atoms with Crippen LogP contribution in [0, 0.1) is 0 Å². The van der Waals surface area contributed by atoms with E-state index in [9.17, 15) is 0 Å². The molecular weight excluding hydrogens is 262 g/mol. The Hall–Kier alpha value is -2.68. The molecule has 2 N–H and O–H groups in total. The summed E-state index contributed by atoms with van der Waals surface area (Å²) in [4.78, 5) is 0. The van der Waals surface area contributed by atoms with Gasteiger partial charge in [0, 0.05) is 5.39 Å². The molecule has 3 heteroatoms.